The molecule has 27 heavy (non-hydrogen) atoms. The van der Waals surface area contributed by atoms with E-state index in [-0.39, 0.29) is 28.4 Å². The maximum atomic E-state index is 9.38. The third-order valence-corrected chi connectivity index (χ3v) is 4.42. The first-order valence-electron chi connectivity index (χ1n) is 7.33. The summed E-state index contributed by atoms with van der Waals surface area (Å²) < 4.78 is 0.771. The first-order chi connectivity index (χ1) is 13.1. The second-order valence-corrected chi connectivity index (χ2v) is 6.27. The lowest BCUT2D eigenvalue weighted by atomic mass is 10.0. The maximum absolute atomic E-state index is 9.38. The minimum absolute atomic E-state index is 0.0657. The molecule has 0 N–H and O–H groups in total. The Hall–Kier alpha value is -4.18. The lowest BCUT2D eigenvalue weighted by Crippen LogP contribution is -2.02. The fraction of sp³-hybridized carbons (Fsp3) is 0. The van der Waals surface area contributed by atoms with Crippen LogP contribution in [0.4, 0.5) is 0 Å². The Morgan fingerprint density at radius 2 is 1.56 bits per heavy atom. The number of nitrogens with zero attached hydrogens (tertiary/aromatic N) is 8. The Balaban J connectivity index is 2.16. The predicted octanol–water partition coefficient (Wildman–Crippen LogP) is 3.11. The Morgan fingerprint density at radius 3 is 2.11 bits per heavy atom. The van der Waals surface area contributed by atoms with Crippen LogP contribution >= 0.6 is 15.9 Å². The molecule has 0 unspecified atom stereocenters. The summed E-state index contributed by atoms with van der Waals surface area (Å²) in [4.78, 5) is 20.3. The van der Waals surface area contributed by atoms with E-state index in [4.69, 9.17) is 17.1 Å². The Bertz CT molecular complexity index is 1360. The normalized spacial score (nSPS) is 12.9. The molecule has 1 aliphatic rings. The molecule has 0 atom stereocenters. The van der Waals surface area contributed by atoms with Crippen molar-refractivity contribution in [1.82, 2.24) is 19.9 Å². The molecule has 1 aromatic carbocycles. The number of rotatable bonds is 0. The average Bonchev–Trinajstić information content (AvgIpc) is 2.98. The zero-order valence-corrected chi connectivity index (χ0v) is 14.8. The molecule has 9 heteroatoms. The molecule has 4 rings (SSSR count). The van der Waals surface area contributed by atoms with Gasteiger partial charge in [0.2, 0.25) is 0 Å². The van der Waals surface area contributed by atoms with Crippen molar-refractivity contribution in [2.24, 2.45) is 0 Å². The third kappa shape index (κ3) is 2.32. The Labute approximate surface area is 160 Å². The average molecular weight is 411 g/mol. The molecule has 0 aliphatic heterocycles. The number of halogens is 1. The molecule has 0 spiro atoms. The van der Waals surface area contributed by atoms with Gasteiger partial charge in [-0.05, 0) is 17.7 Å². The number of nitriles is 3. The Kier molecular flexibility index (Phi) is 3.60. The molecular weight excluding hydrogens is 408 g/mol. The van der Waals surface area contributed by atoms with Crippen LogP contribution in [0.3, 0.4) is 0 Å². The number of hydrogen-bond acceptors (Lipinski definition) is 7. The van der Waals surface area contributed by atoms with Gasteiger partial charge in [-0.3, -0.25) is 0 Å². The lowest BCUT2D eigenvalue weighted by Gasteiger charge is -2.03. The van der Waals surface area contributed by atoms with Gasteiger partial charge < -0.3 is 0 Å². The summed E-state index contributed by atoms with van der Waals surface area (Å²) in [6.45, 7) is 7.32. The van der Waals surface area contributed by atoms with E-state index in [9.17, 15) is 5.26 Å². The van der Waals surface area contributed by atoms with Crippen molar-refractivity contribution >= 4 is 32.8 Å². The smallest absolute Gasteiger partial charge is 0.226 e. The van der Waals surface area contributed by atoms with Gasteiger partial charge in [0.25, 0.3) is 5.70 Å². The van der Waals surface area contributed by atoms with Crippen molar-refractivity contribution in [1.29, 1.82) is 15.8 Å². The quantitative estimate of drug-likeness (QED) is 0.321. The van der Waals surface area contributed by atoms with Crippen LogP contribution in [0.1, 0.15) is 22.6 Å². The van der Waals surface area contributed by atoms with Gasteiger partial charge in [-0.1, -0.05) is 22.0 Å². The molecule has 0 bridgehead atoms. The van der Waals surface area contributed by atoms with Gasteiger partial charge in [-0.25, -0.2) is 30.0 Å². The fourth-order valence-corrected chi connectivity index (χ4v) is 3.20. The number of aromatic nitrogens is 4. The van der Waals surface area contributed by atoms with Crippen molar-refractivity contribution in [2.75, 3.05) is 0 Å². The molecule has 0 radical (unpaired) electrons. The van der Waals surface area contributed by atoms with Crippen LogP contribution in [0.2, 0.25) is 0 Å². The number of fused-ring (bicyclic) bond motifs is 4. The van der Waals surface area contributed by atoms with Crippen molar-refractivity contribution < 1.29 is 0 Å². The van der Waals surface area contributed by atoms with E-state index in [2.05, 4.69) is 40.7 Å². The van der Waals surface area contributed by atoms with Gasteiger partial charge >= 0.3 is 0 Å². The molecule has 0 fully saturated rings. The molecule has 8 nitrogen and oxygen atoms in total. The molecule has 2 aromatic heterocycles. The largest absolute Gasteiger partial charge is 0.271 e. The van der Waals surface area contributed by atoms with Crippen LogP contribution in [0.25, 0.3) is 33.0 Å². The van der Waals surface area contributed by atoms with E-state index in [1.54, 1.807) is 18.2 Å². The standard InChI is InChI=1S/C18H3BrN8/c1-23-13(7-22)14-10-4-8(19)2-3-9(10)15-16(14)27-18-17(26-15)24-11(5-20)12(6-21)25-18/h2-4H/b14-13+. The van der Waals surface area contributed by atoms with Crippen LogP contribution in [0, 0.1) is 40.6 Å². The highest BCUT2D eigenvalue weighted by Gasteiger charge is 2.30. The first kappa shape index (κ1) is 16.3. The summed E-state index contributed by atoms with van der Waals surface area (Å²) >= 11 is 3.39. The van der Waals surface area contributed by atoms with E-state index in [0.717, 1.165) is 4.47 Å². The number of hydrogen-bond donors (Lipinski definition) is 0. The highest BCUT2D eigenvalue weighted by molar-refractivity contribution is 9.10. The monoisotopic (exact) mass is 410 g/mol. The third-order valence-electron chi connectivity index (χ3n) is 3.93. The van der Waals surface area contributed by atoms with E-state index >= 15 is 0 Å². The topological polar surface area (TPSA) is 127 Å². The van der Waals surface area contributed by atoms with Crippen LogP contribution in [0.15, 0.2) is 28.4 Å². The molecular formula is C18H3BrN8. The van der Waals surface area contributed by atoms with E-state index in [1.165, 1.54) is 0 Å². The van der Waals surface area contributed by atoms with E-state index in [0.29, 0.717) is 28.1 Å². The number of benzene rings is 1. The summed E-state index contributed by atoms with van der Waals surface area (Å²) in [7, 11) is 0. The minimum Gasteiger partial charge on any atom is -0.226 e. The molecule has 2 heterocycles. The SMILES string of the molecule is [C-]#[N+]/C(C#N)=C1\c2cc(Br)ccc2-c2nc3nc(C#N)c(C#N)nc3nc21. The van der Waals surface area contributed by atoms with Gasteiger partial charge in [0.1, 0.15) is 12.1 Å². The summed E-state index contributed by atoms with van der Waals surface area (Å²) in [6, 6.07) is 10.9. The zero-order valence-electron chi connectivity index (χ0n) is 13.2. The second-order valence-electron chi connectivity index (χ2n) is 5.35. The van der Waals surface area contributed by atoms with Crippen molar-refractivity contribution in [3.05, 3.63) is 62.4 Å². The highest BCUT2D eigenvalue weighted by Crippen LogP contribution is 2.45. The molecule has 0 amide bonds. The summed E-state index contributed by atoms with van der Waals surface area (Å²) in [5.74, 6) is 0. The molecule has 0 saturated heterocycles. The first-order valence-corrected chi connectivity index (χ1v) is 8.13. The van der Waals surface area contributed by atoms with Crippen LogP contribution in [-0.4, -0.2) is 19.9 Å². The molecule has 1 aliphatic carbocycles. The zero-order chi connectivity index (χ0) is 19.1. The molecule has 0 saturated carbocycles. The minimum atomic E-state index is -0.159. The van der Waals surface area contributed by atoms with Crippen LogP contribution in [0.5, 0.6) is 0 Å². The molecule has 122 valence electrons. The van der Waals surface area contributed by atoms with E-state index < -0.39 is 0 Å². The predicted molar refractivity (Wildman–Crippen MR) is 95.9 cm³/mol. The molecule has 3 aromatic rings. The van der Waals surface area contributed by atoms with Crippen LogP contribution in [-0.2, 0) is 0 Å². The number of allylic oxidation sites excluding steroid dienone is 1. The fourth-order valence-electron chi connectivity index (χ4n) is 2.84. The summed E-state index contributed by atoms with van der Waals surface area (Å²) in [6.07, 6.45) is 0. The maximum Gasteiger partial charge on any atom is 0.271 e. The van der Waals surface area contributed by atoms with Crippen LogP contribution < -0.4 is 0 Å². The Morgan fingerprint density at radius 1 is 0.926 bits per heavy atom. The van der Waals surface area contributed by atoms with Crippen molar-refractivity contribution in [2.45, 2.75) is 0 Å². The van der Waals surface area contributed by atoms with Crippen molar-refractivity contribution in [3.63, 3.8) is 0 Å². The van der Waals surface area contributed by atoms with Gasteiger partial charge in [-0.15, -0.1) is 0 Å². The summed E-state index contributed by atoms with van der Waals surface area (Å²) in [5, 5.41) is 27.7. The van der Waals surface area contributed by atoms with Gasteiger partial charge in [0.15, 0.2) is 22.7 Å². The van der Waals surface area contributed by atoms with Gasteiger partial charge in [0.05, 0.1) is 24.0 Å². The highest BCUT2D eigenvalue weighted by atomic mass is 79.9. The van der Waals surface area contributed by atoms with Gasteiger partial charge in [0, 0.05) is 15.6 Å². The second kappa shape index (κ2) is 5.97. The summed E-state index contributed by atoms with van der Waals surface area (Å²) in [5.41, 5.74) is 2.22. The van der Waals surface area contributed by atoms with Crippen molar-refractivity contribution in [3.8, 4) is 29.5 Å². The van der Waals surface area contributed by atoms with Gasteiger partial charge in [-0.2, -0.15) is 10.5 Å². The lowest BCUT2D eigenvalue weighted by molar-refractivity contribution is 1.11. The van der Waals surface area contributed by atoms with E-state index in [1.807, 2.05) is 18.2 Å².